The van der Waals surface area contributed by atoms with E-state index in [0.29, 0.717) is 0 Å². The second-order valence-corrected chi connectivity index (χ2v) is 7.20. The van der Waals surface area contributed by atoms with E-state index in [0.717, 1.165) is 51.6 Å². The summed E-state index contributed by atoms with van der Waals surface area (Å²) < 4.78 is 11.3. The summed E-state index contributed by atoms with van der Waals surface area (Å²) in [5.74, 6) is 1.00. The molecule has 140 valence electrons. The molecule has 0 unspecified atom stereocenters. The van der Waals surface area contributed by atoms with Crippen LogP contribution in [0.5, 0.6) is 5.75 Å². The van der Waals surface area contributed by atoms with Gasteiger partial charge in [-0.2, -0.15) is 0 Å². The number of nitrogens with zero attached hydrogens (tertiary/aromatic N) is 3. The molecular formula is C20H33N3O2. The van der Waals surface area contributed by atoms with Gasteiger partial charge in [0.2, 0.25) is 0 Å². The molecule has 1 aromatic carbocycles. The van der Waals surface area contributed by atoms with Crippen molar-refractivity contribution in [1.29, 1.82) is 0 Å². The van der Waals surface area contributed by atoms with Gasteiger partial charge in [0.25, 0.3) is 0 Å². The molecule has 0 spiro atoms. The van der Waals surface area contributed by atoms with E-state index in [1.807, 2.05) is 0 Å². The molecule has 0 radical (unpaired) electrons. The molecule has 25 heavy (non-hydrogen) atoms. The molecule has 0 aromatic heterocycles. The Morgan fingerprint density at radius 3 is 2.52 bits per heavy atom. The number of likely N-dealkylation sites (N-methyl/N-ethyl adjacent to an activating group) is 1. The summed E-state index contributed by atoms with van der Waals surface area (Å²) in [6.07, 6.45) is 2.36. The fraction of sp³-hybridized carbons (Fsp3) is 0.700. The predicted molar refractivity (Wildman–Crippen MR) is 101 cm³/mol. The monoisotopic (exact) mass is 347 g/mol. The average molecular weight is 348 g/mol. The van der Waals surface area contributed by atoms with Gasteiger partial charge in [0.15, 0.2) is 0 Å². The van der Waals surface area contributed by atoms with Gasteiger partial charge in [-0.1, -0.05) is 12.1 Å². The summed E-state index contributed by atoms with van der Waals surface area (Å²) >= 11 is 0. The van der Waals surface area contributed by atoms with E-state index in [1.54, 1.807) is 0 Å². The third-order valence-corrected chi connectivity index (χ3v) is 5.21. The smallest absolute Gasteiger partial charge is 0.119 e. The van der Waals surface area contributed by atoms with Gasteiger partial charge in [0.1, 0.15) is 12.4 Å². The normalized spacial score (nSPS) is 20.7. The molecule has 2 aliphatic rings. The van der Waals surface area contributed by atoms with Crippen LogP contribution in [-0.4, -0.2) is 93.9 Å². The summed E-state index contributed by atoms with van der Waals surface area (Å²) in [6, 6.07) is 8.63. The van der Waals surface area contributed by atoms with Crippen molar-refractivity contribution < 1.29 is 9.47 Å². The lowest BCUT2D eigenvalue weighted by atomic mass is 10.1. The maximum Gasteiger partial charge on any atom is 0.119 e. The van der Waals surface area contributed by atoms with E-state index in [2.05, 4.69) is 46.0 Å². The molecule has 2 fully saturated rings. The Hall–Kier alpha value is -1.14. The lowest BCUT2D eigenvalue weighted by Crippen LogP contribution is -2.44. The van der Waals surface area contributed by atoms with Crippen molar-refractivity contribution in [3.63, 3.8) is 0 Å². The first kappa shape index (κ1) is 18.6. The molecule has 2 saturated heterocycles. The highest BCUT2D eigenvalue weighted by Crippen LogP contribution is 2.15. The standard InChI is InChI=1S/C20H33N3O2/c1-21-8-10-22(11-9-21)7-3-5-19-4-2-6-20(18-19)25-17-14-23-12-15-24-16-13-23/h2,4,6,18H,3,5,7-17H2,1H3. The van der Waals surface area contributed by atoms with Gasteiger partial charge in [-0.3, -0.25) is 4.90 Å². The number of benzene rings is 1. The van der Waals surface area contributed by atoms with E-state index < -0.39 is 0 Å². The van der Waals surface area contributed by atoms with Gasteiger partial charge in [-0.05, 0) is 44.1 Å². The molecule has 2 aliphatic heterocycles. The van der Waals surface area contributed by atoms with Crippen LogP contribution in [-0.2, 0) is 11.2 Å². The Kier molecular flexibility index (Phi) is 7.55. The Morgan fingerprint density at radius 2 is 1.72 bits per heavy atom. The summed E-state index contributed by atoms with van der Waals surface area (Å²) in [7, 11) is 2.21. The lowest BCUT2D eigenvalue weighted by molar-refractivity contribution is 0.0322. The summed E-state index contributed by atoms with van der Waals surface area (Å²) in [5.41, 5.74) is 1.39. The van der Waals surface area contributed by atoms with Crippen LogP contribution in [0.4, 0.5) is 0 Å². The van der Waals surface area contributed by atoms with Gasteiger partial charge in [-0.15, -0.1) is 0 Å². The van der Waals surface area contributed by atoms with Crippen LogP contribution in [0.3, 0.4) is 0 Å². The van der Waals surface area contributed by atoms with Crippen LogP contribution in [0.25, 0.3) is 0 Å². The minimum Gasteiger partial charge on any atom is -0.492 e. The second kappa shape index (κ2) is 10.1. The molecule has 1 aromatic rings. The molecule has 5 nitrogen and oxygen atoms in total. The lowest BCUT2D eigenvalue weighted by Gasteiger charge is -2.32. The number of rotatable bonds is 8. The van der Waals surface area contributed by atoms with E-state index in [9.17, 15) is 0 Å². The summed E-state index contributed by atoms with van der Waals surface area (Å²) in [6.45, 7) is 11.5. The molecule has 5 heteroatoms. The van der Waals surface area contributed by atoms with Crippen molar-refractivity contribution in [3.05, 3.63) is 29.8 Å². The van der Waals surface area contributed by atoms with Crippen molar-refractivity contribution in [1.82, 2.24) is 14.7 Å². The highest BCUT2D eigenvalue weighted by Gasteiger charge is 2.13. The SMILES string of the molecule is CN1CCN(CCCc2cccc(OCCN3CCOCC3)c2)CC1. The van der Waals surface area contributed by atoms with Crippen molar-refractivity contribution >= 4 is 0 Å². The fourth-order valence-electron chi connectivity index (χ4n) is 3.49. The zero-order valence-electron chi connectivity index (χ0n) is 15.7. The quantitative estimate of drug-likeness (QED) is 0.712. The Bertz CT molecular complexity index is 497. The van der Waals surface area contributed by atoms with Crippen molar-refractivity contribution in [2.75, 3.05) is 79.2 Å². The molecule has 3 rings (SSSR count). The molecule has 0 amide bonds. The Morgan fingerprint density at radius 1 is 0.960 bits per heavy atom. The number of hydrogen-bond acceptors (Lipinski definition) is 5. The van der Waals surface area contributed by atoms with Crippen molar-refractivity contribution in [3.8, 4) is 5.75 Å². The third kappa shape index (κ3) is 6.59. The van der Waals surface area contributed by atoms with Gasteiger partial charge in [0.05, 0.1) is 13.2 Å². The van der Waals surface area contributed by atoms with Gasteiger partial charge in [0, 0.05) is 45.8 Å². The molecule has 0 atom stereocenters. The minimum atomic E-state index is 0.755. The molecule has 2 heterocycles. The molecule has 0 bridgehead atoms. The van der Waals surface area contributed by atoms with Crippen LogP contribution in [0.2, 0.25) is 0 Å². The highest BCUT2D eigenvalue weighted by molar-refractivity contribution is 5.28. The largest absolute Gasteiger partial charge is 0.492 e. The van der Waals surface area contributed by atoms with Crippen LogP contribution in [0.1, 0.15) is 12.0 Å². The van der Waals surface area contributed by atoms with E-state index in [-0.39, 0.29) is 0 Å². The van der Waals surface area contributed by atoms with Crippen LogP contribution in [0, 0.1) is 0 Å². The highest BCUT2D eigenvalue weighted by atomic mass is 16.5. The first-order valence-corrected chi connectivity index (χ1v) is 9.72. The molecule has 0 aliphatic carbocycles. The van der Waals surface area contributed by atoms with Crippen molar-refractivity contribution in [2.24, 2.45) is 0 Å². The second-order valence-electron chi connectivity index (χ2n) is 7.20. The number of piperazine rings is 1. The van der Waals surface area contributed by atoms with E-state index in [4.69, 9.17) is 9.47 Å². The first-order valence-electron chi connectivity index (χ1n) is 9.72. The Balaban J connectivity index is 1.34. The summed E-state index contributed by atoms with van der Waals surface area (Å²) in [4.78, 5) is 7.40. The van der Waals surface area contributed by atoms with E-state index in [1.165, 1.54) is 44.7 Å². The topological polar surface area (TPSA) is 28.2 Å². The molecule has 0 saturated carbocycles. The zero-order valence-corrected chi connectivity index (χ0v) is 15.7. The van der Waals surface area contributed by atoms with Crippen molar-refractivity contribution in [2.45, 2.75) is 12.8 Å². The molecular weight excluding hydrogens is 314 g/mol. The average Bonchev–Trinajstić information content (AvgIpc) is 2.65. The van der Waals surface area contributed by atoms with E-state index >= 15 is 0 Å². The molecule has 0 N–H and O–H groups in total. The number of aryl methyl sites for hydroxylation is 1. The number of ether oxygens (including phenoxy) is 2. The number of hydrogen-bond donors (Lipinski definition) is 0. The first-order chi connectivity index (χ1) is 12.3. The predicted octanol–water partition coefficient (Wildman–Crippen LogP) is 1.58. The minimum absolute atomic E-state index is 0.755. The zero-order chi connectivity index (χ0) is 17.3. The Labute approximate surface area is 152 Å². The van der Waals surface area contributed by atoms with Gasteiger partial charge >= 0.3 is 0 Å². The van der Waals surface area contributed by atoms with Gasteiger partial charge in [-0.25, -0.2) is 0 Å². The fourth-order valence-corrected chi connectivity index (χ4v) is 3.49. The third-order valence-electron chi connectivity index (χ3n) is 5.21. The maximum atomic E-state index is 5.96. The van der Waals surface area contributed by atoms with Crippen LogP contribution in [0.15, 0.2) is 24.3 Å². The van der Waals surface area contributed by atoms with Gasteiger partial charge < -0.3 is 19.3 Å². The van der Waals surface area contributed by atoms with Crippen LogP contribution < -0.4 is 4.74 Å². The van der Waals surface area contributed by atoms with Crippen LogP contribution >= 0.6 is 0 Å². The number of morpholine rings is 1. The summed E-state index contributed by atoms with van der Waals surface area (Å²) in [5, 5.41) is 0. The maximum absolute atomic E-state index is 5.96.